The fourth-order valence-corrected chi connectivity index (χ4v) is 2.29. The predicted octanol–water partition coefficient (Wildman–Crippen LogP) is 3.24. The van der Waals surface area contributed by atoms with E-state index in [1.54, 1.807) is 11.3 Å². The number of nitrogens with zero attached hydrogens (tertiary/aromatic N) is 1. The molecule has 13 heavy (non-hydrogen) atoms. The molecule has 0 amide bonds. The number of likely N-dealkylation sites (N-methyl/N-ethyl adjacent to an activating group) is 1. The van der Waals surface area contributed by atoms with Gasteiger partial charge in [0, 0.05) is 18.5 Å². The molecule has 3 heteroatoms. The SMILES string of the molecule is CN1C=CC(c2ccc(Cl)s2)=CC1. The second kappa shape index (κ2) is 3.56. The van der Waals surface area contributed by atoms with E-state index in [2.05, 4.69) is 36.4 Å². The molecule has 1 aromatic heterocycles. The zero-order chi connectivity index (χ0) is 9.26. The minimum atomic E-state index is 0.850. The van der Waals surface area contributed by atoms with E-state index in [1.165, 1.54) is 10.5 Å². The van der Waals surface area contributed by atoms with Crippen LogP contribution in [-0.4, -0.2) is 18.5 Å². The molecule has 2 heterocycles. The minimum absolute atomic E-state index is 0.850. The first-order valence-electron chi connectivity index (χ1n) is 4.10. The summed E-state index contributed by atoms with van der Waals surface area (Å²) in [6.45, 7) is 0.974. The molecule has 0 radical (unpaired) electrons. The van der Waals surface area contributed by atoms with E-state index in [-0.39, 0.29) is 0 Å². The zero-order valence-electron chi connectivity index (χ0n) is 7.33. The molecule has 0 atom stereocenters. The molecule has 0 saturated heterocycles. The van der Waals surface area contributed by atoms with Crippen molar-refractivity contribution >= 4 is 28.5 Å². The molecule has 0 aliphatic carbocycles. The first-order chi connectivity index (χ1) is 6.25. The summed E-state index contributed by atoms with van der Waals surface area (Å²) in [4.78, 5) is 3.38. The van der Waals surface area contributed by atoms with Gasteiger partial charge < -0.3 is 4.90 Å². The average molecular weight is 212 g/mol. The second-order valence-corrected chi connectivity index (χ2v) is 4.73. The van der Waals surface area contributed by atoms with Gasteiger partial charge in [0.2, 0.25) is 0 Å². The van der Waals surface area contributed by atoms with Crippen molar-refractivity contribution in [2.24, 2.45) is 0 Å². The highest BCUT2D eigenvalue weighted by molar-refractivity contribution is 7.17. The Kier molecular flexibility index (Phi) is 2.42. The van der Waals surface area contributed by atoms with Gasteiger partial charge in [-0.25, -0.2) is 0 Å². The number of hydrogen-bond donors (Lipinski definition) is 0. The van der Waals surface area contributed by atoms with Gasteiger partial charge in [-0.3, -0.25) is 0 Å². The van der Waals surface area contributed by atoms with Crippen LogP contribution in [0, 0.1) is 0 Å². The van der Waals surface area contributed by atoms with Crippen molar-refractivity contribution in [2.75, 3.05) is 13.6 Å². The molecule has 1 aromatic rings. The molecule has 0 spiro atoms. The van der Waals surface area contributed by atoms with Crippen LogP contribution in [0.15, 0.2) is 30.5 Å². The quantitative estimate of drug-likeness (QED) is 0.690. The van der Waals surface area contributed by atoms with E-state index >= 15 is 0 Å². The largest absolute Gasteiger partial charge is 0.377 e. The molecular weight excluding hydrogens is 202 g/mol. The molecule has 1 aliphatic heterocycles. The summed E-state index contributed by atoms with van der Waals surface area (Å²) in [6.07, 6.45) is 6.41. The highest BCUT2D eigenvalue weighted by atomic mass is 35.5. The first kappa shape index (κ1) is 8.85. The molecule has 0 bridgehead atoms. The predicted molar refractivity (Wildman–Crippen MR) is 59.1 cm³/mol. The Morgan fingerprint density at radius 1 is 1.46 bits per heavy atom. The Morgan fingerprint density at radius 3 is 2.85 bits per heavy atom. The van der Waals surface area contributed by atoms with Crippen molar-refractivity contribution in [3.05, 3.63) is 39.7 Å². The van der Waals surface area contributed by atoms with E-state index in [0.29, 0.717) is 0 Å². The Labute approximate surface area is 86.9 Å². The van der Waals surface area contributed by atoms with Gasteiger partial charge in [-0.1, -0.05) is 17.7 Å². The van der Waals surface area contributed by atoms with E-state index < -0.39 is 0 Å². The monoisotopic (exact) mass is 211 g/mol. The lowest BCUT2D eigenvalue weighted by molar-refractivity contribution is 0.506. The van der Waals surface area contributed by atoms with Gasteiger partial charge in [0.1, 0.15) is 0 Å². The van der Waals surface area contributed by atoms with Crippen LogP contribution in [0.5, 0.6) is 0 Å². The van der Waals surface area contributed by atoms with Crippen molar-refractivity contribution in [1.29, 1.82) is 0 Å². The molecule has 0 N–H and O–H groups in total. The summed E-state index contributed by atoms with van der Waals surface area (Å²) in [5, 5.41) is 0. The van der Waals surface area contributed by atoms with Crippen molar-refractivity contribution in [1.82, 2.24) is 4.90 Å². The summed E-state index contributed by atoms with van der Waals surface area (Å²) in [5.41, 5.74) is 1.27. The topological polar surface area (TPSA) is 3.24 Å². The average Bonchev–Trinajstić information content (AvgIpc) is 2.53. The highest BCUT2D eigenvalue weighted by Gasteiger charge is 2.05. The van der Waals surface area contributed by atoms with E-state index in [0.717, 1.165) is 10.9 Å². The summed E-state index contributed by atoms with van der Waals surface area (Å²) >= 11 is 7.49. The van der Waals surface area contributed by atoms with Gasteiger partial charge in [-0.05, 0) is 30.0 Å². The van der Waals surface area contributed by atoms with Gasteiger partial charge >= 0.3 is 0 Å². The third-order valence-corrected chi connectivity index (χ3v) is 3.25. The van der Waals surface area contributed by atoms with Crippen LogP contribution in [0.4, 0.5) is 0 Å². The summed E-state index contributed by atoms with van der Waals surface area (Å²) in [7, 11) is 2.06. The fraction of sp³-hybridized carbons (Fsp3) is 0.200. The molecule has 2 rings (SSSR count). The van der Waals surface area contributed by atoms with Gasteiger partial charge in [-0.2, -0.15) is 0 Å². The van der Waals surface area contributed by atoms with Crippen molar-refractivity contribution in [3.63, 3.8) is 0 Å². The van der Waals surface area contributed by atoms with Gasteiger partial charge in [0.05, 0.1) is 4.34 Å². The highest BCUT2D eigenvalue weighted by Crippen LogP contribution is 2.29. The number of halogens is 1. The maximum absolute atomic E-state index is 5.87. The Balaban J connectivity index is 2.24. The van der Waals surface area contributed by atoms with Crippen molar-refractivity contribution < 1.29 is 0 Å². The van der Waals surface area contributed by atoms with E-state index in [9.17, 15) is 0 Å². The molecule has 0 fully saturated rings. The van der Waals surface area contributed by atoms with Crippen LogP contribution in [0.1, 0.15) is 4.88 Å². The van der Waals surface area contributed by atoms with Crippen LogP contribution >= 0.6 is 22.9 Å². The Hall–Kier alpha value is -0.730. The van der Waals surface area contributed by atoms with Gasteiger partial charge in [-0.15, -0.1) is 11.3 Å². The molecule has 68 valence electrons. The number of hydrogen-bond acceptors (Lipinski definition) is 2. The molecule has 0 aromatic carbocycles. The second-order valence-electron chi connectivity index (χ2n) is 3.02. The maximum Gasteiger partial charge on any atom is 0.0934 e. The third-order valence-electron chi connectivity index (χ3n) is 1.97. The van der Waals surface area contributed by atoms with Gasteiger partial charge in [0.15, 0.2) is 0 Å². The molecule has 1 nitrogen and oxygen atoms in total. The number of thiophene rings is 1. The van der Waals surface area contributed by atoms with Crippen LogP contribution in [0.2, 0.25) is 4.34 Å². The van der Waals surface area contributed by atoms with Crippen molar-refractivity contribution in [3.8, 4) is 0 Å². The normalized spacial score (nSPS) is 16.2. The maximum atomic E-state index is 5.87. The zero-order valence-corrected chi connectivity index (χ0v) is 8.90. The molecule has 0 unspecified atom stereocenters. The summed E-state index contributed by atoms with van der Waals surface area (Å²) < 4.78 is 0.850. The summed E-state index contributed by atoms with van der Waals surface area (Å²) in [6, 6.07) is 4.00. The Bertz CT molecular complexity index is 365. The lowest BCUT2D eigenvalue weighted by Crippen LogP contribution is -2.12. The van der Waals surface area contributed by atoms with Crippen molar-refractivity contribution in [2.45, 2.75) is 0 Å². The van der Waals surface area contributed by atoms with Crippen LogP contribution in [-0.2, 0) is 0 Å². The fourth-order valence-electron chi connectivity index (χ4n) is 1.23. The van der Waals surface area contributed by atoms with E-state index in [1.807, 2.05) is 6.07 Å². The van der Waals surface area contributed by atoms with Crippen LogP contribution < -0.4 is 0 Å². The lowest BCUT2D eigenvalue weighted by Gasteiger charge is -2.16. The van der Waals surface area contributed by atoms with Crippen LogP contribution in [0.3, 0.4) is 0 Å². The smallest absolute Gasteiger partial charge is 0.0934 e. The minimum Gasteiger partial charge on any atom is -0.377 e. The molecular formula is C10H10ClNS. The first-order valence-corrected chi connectivity index (χ1v) is 5.29. The molecule has 0 saturated carbocycles. The van der Waals surface area contributed by atoms with Crippen LogP contribution in [0.25, 0.3) is 5.57 Å². The standard InChI is InChI=1S/C10H10ClNS/c1-12-6-4-8(5-7-12)9-2-3-10(11)13-9/h2-6H,7H2,1H3. The summed E-state index contributed by atoms with van der Waals surface area (Å²) in [5.74, 6) is 0. The number of allylic oxidation sites excluding steroid dienone is 2. The third kappa shape index (κ3) is 1.95. The van der Waals surface area contributed by atoms with Gasteiger partial charge in [0.25, 0.3) is 0 Å². The lowest BCUT2D eigenvalue weighted by atomic mass is 10.1. The van der Waals surface area contributed by atoms with E-state index in [4.69, 9.17) is 11.6 Å². The number of rotatable bonds is 1. The molecule has 1 aliphatic rings. The Morgan fingerprint density at radius 2 is 2.31 bits per heavy atom.